The quantitative estimate of drug-likeness (QED) is 0.484. The molecule has 28 heavy (non-hydrogen) atoms. The first-order chi connectivity index (χ1) is 13.8. The van der Waals surface area contributed by atoms with Crippen LogP contribution in [0.5, 0.6) is 0 Å². The van der Waals surface area contributed by atoms with Gasteiger partial charge in [0.05, 0.1) is 11.4 Å². The summed E-state index contributed by atoms with van der Waals surface area (Å²) in [5.41, 5.74) is 3.93. The molecular formula is C20H14N8. The lowest BCUT2D eigenvalue weighted by Gasteiger charge is -2.06. The molecule has 4 aromatic heterocycles. The summed E-state index contributed by atoms with van der Waals surface area (Å²) in [5, 5.41) is 13.2. The lowest BCUT2D eigenvalue weighted by molar-refractivity contribution is 0.851. The molecule has 4 heterocycles. The van der Waals surface area contributed by atoms with Crippen molar-refractivity contribution in [2.75, 3.05) is 0 Å². The molecular weight excluding hydrogens is 352 g/mol. The Hall–Kier alpha value is -4.07. The molecule has 8 nitrogen and oxygen atoms in total. The second-order valence-corrected chi connectivity index (χ2v) is 6.15. The highest BCUT2D eigenvalue weighted by Gasteiger charge is 2.15. The van der Waals surface area contributed by atoms with Gasteiger partial charge in [-0.1, -0.05) is 30.3 Å². The zero-order valence-electron chi connectivity index (χ0n) is 14.9. The summed E-state index contributed by atoms with van der Waals surface area (Å²) in [6, 6.07) is 15.3. The normalized spacial score (nSPS) is 11.0. The molecule has 0 aliphatic carbocycles. The number of fused-ring (bicyclic) bond motifs is 1. The highest BCUT2D eigenvalue weighted by atomic mass is 15.4. The minimum atomic E-state index is 0.436. The fraction of sp³-hybridized carbons (Fsp3) is 0.0500. The van der Waals surface area contributed by atoms with Crippen LogP contribution in [0.15, 0.2) is 67.1 Å². The molecule has 0 N–H and O–H groups in total. The van der Waals surface area contributed by atoms with E-state index in [-0.39, 0.29) is 0 Å². The molecule has 0 bridgehead atoms. The molecule has 0 spiro atoms. The summed E-state index contributed by atoms with van der Waals surface area (Å²) in [4.78, 5) is 17.5. The number of aromatic nitrogens is 8. The van der Waals surface area contributed by atoms with Crippen molar-refractivity contribution in [3.63, 3.8) is 0 Å². The Bertz CT molecular complexity index is 1270. The van der Waals surface area contributed by atoms with E-state index in [1.165, 1.54) is 0 Å². The monoisotopic (exact) mass is 366 g/mol. The van der Waals surface area contributed by atoms with E-state index in [1.807, 2.05) is 55.5 Å². The van der Waals surface area contributed by atoms with Crippen molar-refractivity contribution < 1.29 is 0 Å². The molecule has 134 valence electrons. The van der Waals surface area contributed by atoms with Crippen LogP contribution in [0.3, 0.4) is 0 Å². The molecule has 0 fully saturated rings. The number of hydrogen-bond acceptors (Lipinski definition) is 7. The van der Waals surface area contributed by atoms with E-state index in [9.17, 15) is 0 Å². The van der Waals surface area contributed by atoms with Crippen LogP contribution in [0.2, 0.25) is 0 Å². The SMILES string of the molecule is Cc1c(-c2ccnc(-c3ccccc3)n2)nnc2nc(-c3ccncc3)nn12. The minimum Gasteiger partial charge on any atom is -0.265 e. The molecule has 5 aromatic rings. The van der Waals surface area contributed by atoms with Gasteiger partial charge in [-0.05, 0) is 25.1 Å². The van der Waals surface area contributed by atoms with Gasteiger partial charge < -0.3 is 0 Å². The fourth-order valence-electron chi connectivity index (χ4n) is 2.94. The van der Waals surface area contributed by atoms with E-state index in [4.69, 9.17) is 0 Å². The molecule has 5 rings (SSSR count). The Morgan fingerprint density at radius 1 is 0.750 bits per heavy atom. The minimum absolute atomic E-state index is 0.436. The number of hydrogen-bond donors (Lipinski definition) is 0. The Labute approximate surface area is 160 Å². The summed E-state index contributed by atoms with van der Waals surface area (Å²) in [6.45, 7) is 1.92. The Kier molecular flexibility index (Phi) is 3.79. The summed E-state index contributed by atoms with van der Waals surface area (Å²) < 4.78 is 1.68. The first kappa shape index (κ1) is 16.1. The van der Waals surface area contributed by atoms with Crippen LogP contribution >= 0.6 is 0 Å². The summed E-state index contributed by atoms with van der Waals surface area (Å²) in [5.74, 6) is 1.64. The Morgan fingerprint density at radius 2 is 1.54 bits per heavy atom. The van der Waals surface area contributed by atoms with Gasteiger partial charge in [0.1, 0.15) is 5.69 Å². The molecule has 0 atom stereocenters. The van der Waals surface area contributed by atoms with Crippen molar-refractivity contribution in [1.29, 1.82) is 0 Å². The first-order valence-electron chi connectivity index (χ1n) is 8.69. The highest BCUT2D eigenvalue weighted by molar-refractivity contribution is 5.63. The third-order valence-electron chi connectivity index (χ3n) is 4.36. The predicted octanol–water partition coefficient (Wildman–Crippen LogP) is 3.01. The van der Waals surface area contributed by atoms with E-state index >= 15 is 0 Å². The lowest BCUT2D eigenvalue weighted by atomic mass is 10.2. The first-order valence-corrected chi connectivity index (χ1v) is 8.69. The molecule has 0 radical (unpaired) electrons. The Morgan fingerprint density at radius 3 is 2.36 bits per heavy atom. The number of rotatable bonds is 3. The van der Waals surface area contributed by atoms with Gasteiger partial charge in [0.25, 0.3) is 5.78 Å². The van der Waals surface area contributed by atoms with Gasteiger partial charge in [-0.3, -0.25) is 4.98 Å². The zero-order valence-corrected chi connectivity index (χ0v) is 14.9. The van der Waals surface area contributed by atoms with Crippen LogP contribution in [-0.4, -0.2) is 39.7 Å². The van der Waals surface area contributed by atoms with Crippen molar-refractivity contribution in [2.45, 2.75) is 6.92 Å². The summed E-state index contributed by atoms with van der Waals surface area (Å²) in [7, 11) is 0. The molecule has 0 aliphatic heterocycles. The lowest BCUT2D eigenvalue weighted by Crippen LogP contribution is -2.04. The van der Waals surface area contributed by atoms with Crippen LogP contribution in [0.25, 0.3) is 39.9 Å². The number of pyridine rings is 1. The third kappa shape index (κ3) is 2.77. The van der Waals surface area contributed by atoms with Crippen molar-refractivity contribution >= 4 is 5.78 Å². The van der Waals surface area contributed by atoms with E-state index in [0.29, 0.717) is 28.8 Å². The highest BCUT2D eigenvalue weighted by Crippen LogP contribution is 2.22. The molecule has 8 heteroatoms. The number of aryl methyl sites for hydroxylation is 1. The predicted molar refractivity (Wildman–Crippen MR) is 103 cm³/mol. The van der Waals surface area contributed by atoms with Gasteiger partial charge >= 0.3 is 0 Å². The molecule has 0 saturated carbocycles. The van der Waals surface area contributed by atoms with Crippen LogP contribution in [0, 0.1) is 6.92 Å². The van der Waals surface area contributed by atoms with Crippen molar-refractivity contribution in [2.24, 2.45) is 0 Å². The maximum atomic E-state index is 4.66. The van der Waals surface area contributed by atoms with Crippen molar-refractivity contribution in [3.8, 4) is 34.2 Å². The van der Waals surface area contributed by atoms with E-state index in [2.05, 4.69) is 35.2 Å². The molecule has 0 aliphatic rings. The maximum absolute atomic E-state index is 4.66. The topological polar surface area (TPSA) is 94.6 Å². The summed E-state index contributed by atoms with van der Waals surface area (Å²) >= 11 is 0. The molecule has 0 unspecified atom stereocenters. The van der Waals surface area contributed by atoms with E-state index < -0.39 is 0 Å². The van der Waals surface area contributed by atoms with E-state index in [0.717, 1.165) is 16.8 Å². The van der Waals surface area contributed by atoms with Crippen LogP contribution in [0.4, 0.5) is 0 Å². The zero-order chi connectivity index (χ0) is 18.9. The second-order valence-electron chi connectivity index (χ2n) is 6.15. The third-order valence-corrected chi connectivity index (χ3v) is 4.36. The van der Waals surface area contributed by atoms with Gasteiger partial charge in [0, 0.05) is 29.7 Å². The second kappa shape index (κ2) is 6.58. The van der Waals surface area contributed by atoms with Crippen molar-refractivity contribution in [3.05, 3.63) is 72.8 Å². The fourth-order valence-corrected chi connectivity index (χ4v) is 2.94. The van der Waals surface area contributed by atoms with Gasteiger partial charge in [0.15, 0.2) is 11.6 Å². The average molecular weight is 366 g/mol. The standard InChI is InChI=1S/C20H14N8/c1-13-17(16-9-12-22-18(23-16)14-5-3-2-4-6-14)25-26-20-24-19(27-28(13)20)15-7-10-21-11-8-15/h2-12H,1H3. The average Bonchev–Trinajstić information content (AvgIpc) is 3.21. The summed E-state index contributed by atoms with van der Waals surface area (Å²) in [6.07, 6.45) is 5.13. The van der Waals surface area contributed by atoms with Gasteiger partial charge in [-0.15, -0.1) is 15.3 Å². The van der Waals surface area contributed by atoms with E-state index in [1.54, 1.807) is 23.1 Å². The maximum Gasteiger partial charge on any atom is 0.272 e. The van der Waals surface area contributed by atoms with Crippen molar-refractivity contribution in [1.82, 2.24) is 39.7 Å². The number of nitrogens with zero attached hydrogens (tertiary/aromatic N) is 8. The largest absolute Gasteiger partial charge is 0.272 e. The van der Waals surface area contributed by atoms with Gasteiger partial charge in [-0.2, -0.15) is 9.50 Å². The van der Waals surface area contributed by atoms with Gasteiger partial charge in [-0.25, -0.2) is 9.97 Å². The van der Waals surface area contributed by atoms with Crippen LogP contribution in [-0.2, 0) is 0 Å². The molecule has 1 aromatic carbocycles. The molecule has 0 amide bonds. The van der Waals surface area contributed by atoms with Gasteiger partial charge in [0.2, 0.25) is 0 Å². The number of benzene rings is 1. The molecule has 0 saturated heterocycles. The smallest absolute Gasteiger partial charge is 0.265 e. The van der Waals surface area contributed by atoms with Crippen LogP contribution in [0.1, 0.15) is 5.69 Å². The van der Waals surface area contributed by atoms with Crippen LogP contribution < -0.4 is 0 Å². The Balaban J connectivity index is 1.61.